The molecule has 1 saturated heterocycles. The zero-order valence-electron chi connectivity index (χ0n) is 12.2. The SMILES string of the molecule is CNC(=O)[C@H]1CCCN(C(=O)Cc2ccc(S(N)(=O)=O)s2)C1. The molecule has 0 radical (unpaired) electrons. The van der Waals surface area contributed by atoms with E-state index in [1.54, 1.807) is 18.0 Å². The molecule has 2 heterocycles. The number of carbonyl (C=O) groups excluding carboxylic acids is 2. The smallest absolute Gasteiger partial charge is 0.247 e. The van der Waals surface area contributed by atoms with Gasteiger partial charge in [-0.15, -0.1) is 11.3 Å². The molecule has 1 aromatic rings. The molecule has 0 bridgehead atoms. The van der Waals surface area contributed by atoms with Crippen molar-refractivity contribution in [2.24, 2.45) is 11.1 Å². The van der Waals surface area contributed by atoms with Crippen LogP contribution in [0.15, 0.2) is 16.3 Å². The van der Waals surface area contributed by atoms with Crippen molar-refractivity contribution in [1.29, 1.82) is 0 Å². The van der Waals surface area contributed by atoms with E-state index in [2.05, 4.69) is 5.32 Å². The predicted octanol–water partition coefficient (Wildman–Crippen LogP) is -0.0774. The van der Waals surface area contributed by atoms with Crippen LogP contribution in [-0.2, 0) is 26.0 Å². The Balaban J connectivity index is 2.00. The number of nitrogens with one attached hydrogen (secondary N) is 1. The van der Waals surface area contributed by atoms with E-state index in [9.17, 15) is 18.0 Å². The molecule has 1 fully saturated rings. The lowest BCUT2D eigenvalue weighted by molar-refractivity contribution is -0.135. The highest BCUT2D eigenvalue weighted by Crippen LogP contribution is 2.23. The monoisotopic (exact) mass is 345 g/mol. The molecule has 2 rings (SSSR count). The maximum Gasteiger partial charge on any atom is 0.247 e. The molecule has 1 aliphatic heterocycles. The van der Waals surface area contributed by atoms with E-state index in [0.29, 0.717) is 18.0 Å². The van der Waals surface area contributed by atoms with E-state index in [1.165, 1.54) is 6.07 Å². The third-order valence-electron chi connectivity index (χ3n) is 3.63. The molecule has 7 nitrogen and oxygen atoms in total. The van der Waals surface area contributed by atoms with Crippen molar-refractivity contribution in [3.8, 4) is 0 Å². The maximum atomic E-state index is 12.3. The highest BCUT2D eigenvalue weighted by atomic mass is 32.2. The van der Waals surface area contributed by atoms with Crippen molar-refractivity contribution >= 4 is 33.2 Å². The van der Waals surface area contributed by atoms with E-state index >= 15 is 0 Å². The van der Waals surface area contributed by atoms with Crippen molar-refractivity contribution in [2.75, 3.05) is 20.1 Å². The number of nitrogens with zero attached hydrogens (tertiary/aromatic N) is 1. The molecular formula is C13H19N3O4S2. The Labute approximate surface area is 133 Å². The van der Waals surface area contributed by atoms with Gasteiger partial charge in [-0.25, -0.2) is 13.6 Å². The molecule has 0 unspecified atom stereocenters. The number of hydrogen-bond donors (Lipinski definition) is 2. The van der Waals surface area contributed by atoms with E-state index in [1.807, 2.05) is 0 Å². The summed E-state index contributed by atoms with van der Waals surface area (Å²) >= 11 is 1.00. The summed E-state index contributed by atoms with van der Waals surface area (Å²) in [5.74, 6) is -0.326. The Morgan fingerprint density at radius 3 is 2.77 bits per heavy atom. The number of rotatable bonds is 4. The molecule has 0 spiro atoms. The van der Waals surface area contributed by atoms with E-state index < -0.39 is 10.0 Å². The van der Waals surface area contributed by atoms with Gasteiger partial charge in [0.15, 0.2) is 0 Å². The van der Waals surface area contributed by atoms with Crippen LogP contribution in [0.2, 0.25) is 0 Å². The first-order valence-electron chi connectivity index (χ1n) is 6.92. The third-order valence-corrected chi connectivity index (χ3v) is 6.16. The first kappa shape index (κ1) is 16.9. The largest absolute Gasteiger partial charge is 0.359 e. The number of piperidine rings is 1. The van der Waals surface area contributed by atoms with Gasteiger partial charge in [-0.1, -0.05) is 0 Å². The molecule has 2 amide bonds. The zero-order valence-corrected chi connectivity index (χ0v) is 13.9. The normalized spacial score (nSPS) is 19.0. The average molecular weight is 345 g/mol. The number of primary sulfonamides is 1. The molecule has 9 heteroatoms. The number of carbonyl (C=O) groups is 2. The molecule has 1 aromatic heterocycles. The Hall–Kier alpha value is -1.45. The number of thiophene rings is 1. The van der Waals surface area contributed by atoms with Gasteiger partial charge >= 0.3 is 0 Å². The van der Waals surface area contributed by atoms with Crippen LogP contribution < -0.4 is 10.5 Å². The first-order chi connectivity index (χ1) is 10.3. The standard InChI is InChI=1S/C13H19N3O4S2/c1-15-13(18)9-3-2-6-16(8-9)11(17)7-10-4-5-12(21-10)22(14,19)20/h4-5,9H,2-3,6-8H2,1H3,(H,15,18)(H2,14,19,20)/t9-/m0/s1. The number of sulfonamides is 1. The quantitative estimate of drug-likeness (QED) is 0.795. The minimum absolute atomic E-state index is 0.0508. The topological polar surface area (TPSA) is 110 Å². The summed E-state index contributed by atoms with van der Waals surface area (Å²) in [6.45, 7) is 1.03. The molecule has 0 aliphatic carbocycles. The van der Waals surface area contributed by atoms with Crippen LogP contribution in [-0.4, -0.2) is 45.3 Å². The van der Waals surface area contributed by atoms with Gasteiger partial charge in [-0.05, 0) is 25.0 Å². The average Bonchev–Trinajstić information content (AvgIpc) is 2.95. The fourth-order valence-electron chi connectivity index (χ4n) is 2.49. The fraction of sp³-hybridized carbons (Fsp3) is 0.538. The zero-order chi connectivity index (χ0) is 16.3. The number of hydrogen-bond acceptors (Lipinski definition) is 5. The fourth-order valence-corrected chi connectivity index (χ4v) is 4.26. The van der Waals surface area contributed by atoms with Crippen LogP contribution in [0.5, 0.6) is 0 Å². The summed E-state index contributed by atoms with van der Waals surface area (Å²) < 4.78 is 22.5. The van der Waals surface area contributed by atoms with Crippen molar-refractivity contribution in [3.63, 3.8) is 0 Å². The van der Waals surface area contributed by atoms with Gasteiger partial charge in [0, 0.05) is 25.0 Å². The molecule has 0 saturated carbocycles. The summed E-state index contributed by atoms with van der Waals surface area (Å²) in [7, 11) is -2.14. The Morgan fingerprint density at radius 2 is 2.18 bits per heavy atom. The second-order valence-electron chi connectivity index (χ2n) is 5.24. The van der Waals surface area contributed by atoms with Crippen molar-refractivity contribution in [2.45, 2.75) is 23.5 Å². The Bertz CT molecular complexity index is 669. The second-order valence-corrected chi connectivity index (χ2v) is 8.19. The molecule has 1 atom stereocenters. The lowest BCUT2D eigenvalue weighted by Crippen LogP contribution is -2.45. The Kier molecular flexibility index (Phi) is 5.20. The van der Waals surface area contributed by atoms with Gasteiger partial charge in [-0.3, -0.25) is 9.59 Å². The number of likely N-dealkylation sites (tertiary alicyclic amines) is 1. The highest BCUT2D eigenvalue weighted by molar-refractivity contribution is 7.91. The van der Waals surface area contributed by atoms with E-state index in [4.69, 9.17) is 5.14 Å². The van der Waals surface area contributed by atoms with Crippen molar-refractivity contribution in [3.05, 3.63) is 17.0 Å². The van der Waals surface area contributed by atoms with E-state index in [-0.39, 0.29) is 28.4 Å². The molecule has 1 aliphatic rings. The van der Waals surface area contributed by atoms with Crippen LogP contribution >= 0.6 is 11.3 Å². The Morgan fingerprint density at radius 1 is 1.45 bits per heavy atom. The molecule has 0 aromatic carbocycles. The minimum Gasteiger partial charge on any atom is -0.359 e. The maximum absolute atomic E-state index is 12.3. The van der Waals surface area contributed by atoms with Gasteiger partial charge in [0.1, 0.15) is 4.21 Å². The van der Waals surface area contributed by atoms with Gasteiger partial charge in [0.2, 0.25) is 21.8 Å². The number of nitrogens with two attached hydrogens (primary N) is 1. The summed E-state index contributed by atoms with van der Waals surface area (Å²) in [4.78, 5) is 26.3. The first-order valence-corrected chi connectivity index (χ1v) is 9.28. The number of amides is 2. The van der Waals surface area contributed by atoms with Crippen LogP contribution in [0.1, 0.15) is 17.7 Å². The summed E-state index contributed by atoms with van der Waals surface area (Å²) in [6, 6.07) is 3.01. The van der Waals surface area contributed by atoms with Gasteiger partial charge < -0.3 is 10.2 Å². The second kappa shape index (κ2) is 6.76. The summed E-state index contributed by atoms with van der Waals surface area (Å²) in [6.07, 6.45) is 1.69. The van der Waals surface area contributed by atoms with Crippen LogP contribution in [0.25, 0.3) is 0 Å². The van der Waals surface area contributed by atoms with Gasteiger partial charge in [0.05, 0.1) is 12.3 Å². The molecule has 122 valence electrons. The van der Waals surface area contributed by atoms with E-state index in [0.717, 1.165) is 24.2 Å². The molecule has 22 heavy (non-hydrogen) atoms. The molecular weight excluding hydrogens is 326 g/mol. The minimum atomic E-state index is -3.73. The van der Waals surface area contributed by atoms with Crippen molar-refractivity contribution < 1.29 is 18.0 Å². The van der Waals surface area contributed by atoms with Crippen LogP contribution in [0, 0.1) is 5.92 Å². The van der Waals surface area contributed by atoms with Crippen LogP contribution in [0.3, 0.4) is 0 Å². The highest BCUT2D eigenvalue weighted by Gasteiger charge is 2.28. The lowest BCUT2D eigenvalue weighted by atomic mass is 9.97. The summed E-state index contributed by atoms with van der Waals surface area (Å²) in [5, 5.41) is 7.66. The lowest BCUT2D eigenvalue weighted by Gasteiger charge is -2.31. The predicted molar refractivity (Wildman–Crippen MR) is 82.8 cm³/mol. The third kappa shape index (κ3) is 4.05. The van der Waals surface area contributed by atoms with Gasteiger partial charge in [-0.2, -0.15) is 0 Å². The van der Waals surface area contributed by atoms with Gasteiger partial charge in [0.25, 0.3) is 0 Å². The molecule has 3 N–H and O–H groups in total. The van der Waals surface area contributed by atoms with Crippen molar-refractivity contribution in [1.82, 2.24) is 10.2 Å². The summed E-state index contributed by atoms with van der Waals surface area (Å²) in [5.41, 5.74) is 0. The van der Waals surface area contributed by atoms with Crippen LogP contribution in [0.4, 0.5) is 0 Å².